The van der Waals surface area contributed by atoms with E-state index in [-0.39, 0.29) is 24.9 Å². The maximum Gasteiger partial charge on any atom is 0.238 e. The molecule has 0 aromatic carbocycles. The van der Waals surface area contributed by atoms with Crippen molar-refractivity contribution in [2.45, 2.75) is 26.2 Å². The predicted octanol–water partition coefficient (Wildman–Crippen LogP) is 2.26. The standard InChI is InChI=1S/C16H24N4OS.ClH/c1-11-4-5-12-13(9-17)16(22-14(12)8-11)19-15(21)10-18-6-7-20(2)3;/h11,18H,4-8,10H2,1-3H3,(H,19,21);1H. The van der Waals surface area contributed by atoms with Crippen LogP contribution in [0.15, 0.2) is 0 Å². The molecule has 1 unspecified atom stereocenters. The number of hydrogen-bond donors (Lipinski definition) is 2. The van der Waals surface area contributed by atoms with Crippen molar-refractivity contribution in [3.63, 3.8) is 0 Å². The zero-order chi connectivity index (χ0) is 16.1. The molecule has 1 heterocycles. The van der Waals surface area contributed by atoms with Gasteiger partial charge in [0.15, 0.2) is 0 Å². The highest BCUT2D eigenvalue weighted by Crippen LogP contribution is 2.39. The Hall–Kier alpha value is -1.13. The molecule has 2 rings (SSSR count). The number of fused-ring (bicyclic) bond motifs is 1. The number of hydrogen-bond acceptors (Lipinski definition) is 5. The average molecular weight is 357 g/mol. The first-order chi connectivity index (χ1) is 10.5. The Morgan fingerprint density at radius 3 is 2.87 bits per heavy atom. The number of anilines is 1. The van der Waals surface area contributed by atoms with Gasteiger partial charge in [0, 0.05) is 18.0 Å². The molecule has 7 heteroatoms. The maximum absolute atomic E-state index is 12.0. The van der Waals surface area contributed by atoms with Crippen molar-refractivity contribution in [1.82, 2.24) is 10.2 Å². The fourth-order valence-corrected chi connectivity index (χ4v) is 4.01. The molecule has 1 aromatic heterocycles. The second kappa shape index (κ2) is 9.24. The zero-order valence-electron chi connectivity index (χ0n) is 13.9. The summed E-state index contributed by atoms with van der Waals surface area (Å²) in [5, 5.41) is 16.1. The molecule has 0 aliphatic heterocycles. The number of nitriles is 1. The van der Waals surface area contributed by atoms with E-state index in [2.05, 4.69) is 28.5 Å². The number of rotatable bonds is 6. The Bertz CT molecular complexity index is 579. The van der Waals surface area contributed by atoms with Crippen molar-refractivity contribution in [3.05, 3.63) is 16.0 Å². The van der Waals surface area contributed by atoms with Crippen LogP contribution in [0, 0.1) is 17.2 Å². The third-order valence-corrected chi connectivity index (χ3v) is 5.07. The molecule has 1 aliphatic rings. The van der Waals surface area contributed by atoms with Gasteiger partial charge in [0.05, 0.1) is 12.1 Å². The lowest BCUT2D eigenvalue weighted by Gasteiger charge is -2.17. The molecule has 1 amide bonds. The molecule has 0 fully saturated rings. The molecule has 0 bridgehead atoms. The minimum Gasteiger partial charge on any atom is -0.315 e. The lowest BCUT2D eigenvalue weighted by atomic mass is 9.89. The predicted molar refractivity (Wildman–Crippen MR) is 97.5 cm³/mol. The minimum absolute atomic E-state index is 0. The Balaban J connectivity index is 0.00000264. The highest BCUT2D eigenvalue weighted by Gasteiger charge is 2.24. The van der Waals surface area contributed by atoms with Crippen molar-refractivity contribution in [3.8, 4) is 6.07 Å². The minimum atomic E-state index is -0.0816. The molecule has 2 N–H and O–H groups in total. The first-order valence-corrected chi connectivity index (χ1v) is 8.52. The van der Waals surface area contributed by atoms with E-state index in [1.807, 2.05) is 14.1 Å². The van der Waals surface area contributed by atoms with Gasteiger partial charge in [-0.2, -0.15) is 5.26 Å². The Morgan fingerprint density at radius 1 is 1.48 bits per heavy atom. The van der Waals surface area contributed by atoms with Gasteiger partial charge in [-0.25, -0.2) is 0 Å². The molecule has 0 saturated carbocycles. The Labute approximate surface area is 148 Å². The number of likely N-dealkylation sites (N-methyl/N-ethyl adjacent to an activating group) is 1. The van der Waals surface area contributed by atoms with Gasteiger partial charge in [-0.05, 0) is 44.8 Å². The number of thiophene rings is 1. The molecular weight excluding hydrogens is 332 g/mol. The average Bonchev–Trinajstić information content (AvgIpc) is 2.79. The van der Waals surface area contributed by atoms with Crippen LogP contribution >= 0.6 is 23.7 Å². The fourth-order valence-electron chi connectivity index (χ4n) is 2.63. The Kier molecular flexibility index (Phi) is 8.00. The topological polar surface area (TPSA) is 68.2 Å². The van der Waals surface area contributed by atoms with Crippen molar-refractivity contribution >= 4 is 34.7 Å². The van der Waals surface area contributed by atoms with Gasteiger partial charge < -0.3 is 15.5 Å². The third kappa shape index (κ3) is 5.47. The van der Waals surface area contributed by atoms with E-state index in [0.717, 1.165) is 42.9 Å². The van der Waals surface area contributed by atoms with Gasteiger partial charge in [-0.1, -0.05) is 6.92 Å². The van der Waals surface area contributed by atoms with E-state index in [1.165, 1.54) is 4.88 Å². The van der Waals surface area contributed by atoms with Gasteiger partial charge >= 0.3 is 0 Å². The molecule has 23 heavy (non-hydrogen) atoms. The van der Waals surface area contributed by atoms with Crippen LogP contribution in [0.1, 0.15) is 29.3 Å². The summed E-state index contributed by atoms with van der Waals surface area (Å²) in [5.41, 5.74) is 1.83. The molecule has 0 spiro atoms. The molecule has 1 aliphatic carbocycles. The molecule has 1 atom stereocenters. The van der Waals surface area contributed by atoms with Crippen molar-refractivity contribution < 1.29 is 4.79 Å². The lowest BCUT2D eigenvalue weighted by Crippen LogP contribution is -2.33. The summed E-state index contributed by atoms with van der Waals surface area (Å²) < 4.78 is 0. The van der Waals surface area contributed by atoms with Crippen LogP contribution in [-0.4, -0.2) is 44.5 Å². The normalized spacial score (nSPS) is 16.4. The number of nitrogens with one attached hydrogen (secondary N) is 2. The van der Waals surface area contributed by atoms with E-state index in [9.17, 15) is 10.1 Å². The van der Waals surface area contributed by atoms with Crippen LogP contribution < -0.4 is 10.6 Å². The van der Waals surface area contributed by atoms with Crippen molar-refractivity contribution in [2.24, 2.45) is 5.92 Å². The van der Waals surface area contributed by atoms with Crippen LogP contribution in [-0.2, 0) is 17.6 Å². The van der Waals surface area contributed by atoms with Crippen LogP contribution in [0.25, 0.3) is 0 Å². The monoisotopic (exact) mass is 356 g/mol. The second-order valence-corrected chi connectivity index (χ2v) is 7.30. The molecule has 0 saturated heterocycles. The van der Waals surface area contributed by atoms with Gasteiger partial charge in [-0.3, -0.25) is 4.79 Å². The largest absolute Gasteiger partial charge is 0.315 e. The van der Waals surface area contributed by atoms with Crippen molar-refractivity contribution in [2.75, 3.05) is 39.0 Å². The molecule has 1 aromatic rings. The van der Waals surface area contributed by atoms with E-state index in [0.29, 0.717) is 11.5 Å². The lowest BCUT2D eigenvalue weighted by molar-refractivity contribution is -0.115. The number of carbonyl (C=O) groups is 1. The highest BCUT2D eigenvalue weighted by atomic mass is 35.5. The van der Waals surface area contributed by atoms with E-state index in [4.69, 9.17) is 0 Å². The molecule has 128 valence electrons. The van der Waals surface area contributed by atoms with Crippen LogP contribution in [0.2, 0.25) is 0 Å². The third-order valence-electron chi connectivity index (χ3n) is 3.90. The molecule has 0 radical (unpaired) electrons. The number of amides is 1. The number of nitrogens with zero attached hydrogens (tertiary/aromatic N) is 2. The summed E-state index contributed by atoms with van der Waals surface area (Å²) in [6.07, 6.45) is 3.09. The first kappa shape index (κ1) is 19.9. The number of carbonyl (C=O) groups excluding carboxylic acids is 1. The van der Waals surface area contributed by atoms with E-state index >= 15 is 0 Å². The van der Waals surface area contributed by atoms with Gasteiger partial charge in [-0.15, -0.1) is 23.7 Å². The van der Waals surface area contributed by atoms with E-state index in [1.54, 1.807) is 11.3 Å². The summed E-state index contributed by atoms with van der Waals surface area (Å²) in [5.74, 6) is 0.579. The zero-order valence-corrected chi connectivity index (χ0v) is 15.6. The van der Waals surface area contributed by atoms with Gasteiger partial charge in [0.2, 0.25) is 5.91 Å². The second-order valence-electron chi connectivity index (χ2n) is 6.20. The van der Waals surface area contributed by atoms with Crippen molar-refractivity contribution in [1.29, 1.82) is 5.26 Å². The molecule has 5 nitrogen and oxygen atoms in total. The summed E-state index contributed by atoms with van der Waals surface area (Å²) >= 11 is 1.57. The summed E-state index contributed by atoms with van der Waals surface area (Å²) in [4.78, 5) is 15.3. The SMILES string of the molecule is CC1CCc2c(sc(NC(=O)CNCCN(C)C)c2C#N)C1.Cl. The van der Waals surface area contributed by atoms with Crippen LogP contribution in [0.5, 0.6) is 0 Å². The number of halogens is 1. The smallest absolute Gasteiger partial charge is 0.238 e. The highest BCUT2D eigenvalue weighted by molar-refractivity contribution is 7.16. The van der Waals surface area contributed by atoms with Gasteiger partial charge in [0.25, 0.3) is 0 Å². The summed E-state index contributed by atoms with van der Waals surface area (Å²) in [6.45, 7) is 4.17. The maximum atomic E-state index is 12.0. The van der Waals surface area contributed by atoms with Crippen LogP contribution in [0.3, 0.4) is 0 Å². The fraction of sp³-hybridized carbons (Fsp3) is 0.625. The molecular formula is C16H25ClN4OS. The Morgan fingerprint density at radius 2 is 2.22 bits per heavy atom. The van der Waals surface area contributed by atoms with Crippen LogP contribution in [0.4, 0.5) is 5.00 Å². The summed E-state index contributed by atoms with van der Waals surface area (Å²) in [7, 11) is 4.00. The summed E-state index contributed by atoms with van der Waals surface area (Å²) in [6, 6.07) is 2.27. The van der Waals surface area contributed by atoms with Gasteiger partial charge in [0.1, 0.15) is 11.1 Å². The quantitative estimate of drug-likeness (QED) is 0.767. The first-order valence-electron chi connectivity index (χ1n) is 7.71. The van der Waals surface area contributed by atoms with E-state index < -0.39 is 0 Å².